The Morgan fingerprint density at radius 2 is 0.968 bits per heavy atom. The van der Waals surface area contributed by atoms with Gasteiger partial charge in [-0.05, 0) is 77.0 Å². The van der Waals surface area contributed by atoms with Crippen LogP contribution in [0, 0.1) is 0 Å². The highest BCUT2D eigenvalue weighted by molar-refractivity contribution is 7.85. The second-order valence-electron chi connectivity index (χ2n) is 16.8. The highest BCUT2D eigenvalue weighted by Crippen LogP contribution is 2.24. The molecule has 0 spiro atoms. The van der Waals surface area contributed by atoms with E-state index in [1.165, 1.54) is 83.5 Å². The average molecular weight is 899 g/mol. The summed E-state index contributed by atoms with van der Waals surface area (Å²) < 4.78 is 54.1. The van der Waals surface area contributed by atoms with Crippen LogP contribution in [0.4, 0.5) is 0 Å². The van der Waals surface area contributed by atoms with Crippen LogP contribution in [0.2, 0.25) is 0 Å². The van der Waals surface area contributed by atoms with Crippen molar-refractivity contribution in [3.63, 3.8) is 0 Å². The lowest BCUT2D eigenvalue weighted by atomic mass is 10.00. The molecule has 1 saturated heterocycles. The molecule has 6 atom stereocenters. The number of rotatable bonds is 40. The van der Waals surface area contributed by atoms with Crippen molar-refractivity contribution in [1.29, 1.82) is 0 Å². The molecule has 0 aromatic carbocycles. The zero-order chi connectivity index (χ0) is 45.5. The first-order valence-corrected chi connectivity index (χ1v) is 25.8. The SMILES string of the molecule is CCCCC/C=C/C/C=C/C/C=C/CCCCCCC(=O)OC[C@H](CO[C@H]1O[C@H](CS(=O)(=O)O)[C@@H](O)C(O)C1O)OC(=O)CCCCCCCCCCC/C=C/CCCCCC. The number of allylic oxidation sites excluding steroid dienone is 8. The molecule has 62 heavy (non-hydrogen) atoms. The molecule has 1 heterocycles. The number of aliphatic hydroxyl groups excluding tert-OH is 3. The molecule has 0 radical (unpaired) electrons. The van der Waals surface area contributed by atoms with Gasteiger partial charge in [0.25, 0.3) is 10.1 Å². The van der Waals surface area contributed by atoms with E-state index in [9.17, 15) is 37.9 Å². The average Bonchev–Trinajstić information content (AvgIpc) is 3.24. The number of hydrogen-bond acceptors (Lipinski definition) is 11. The van der Waals surface area contributed by atoms with Crippen molar-refractivity contribution in [2.24, 2.45) is 0 Å². The lowest BCUT2D eigenvalue weighted by Crippen LogP contribution is -2.60. The van der Waals surface area contributed by atoms with E-state index >= 15 is 0 Å². The van der Waals surface area contributed by atoms with Crippen LogP contribution in [0.3, 0.4) is 0 Å². The van der Waals surface area contributed by atoms with Crippen molar-refractivity contribution < 1.29 is 56.8 Å². The normalized spacial score (nSPS) is 20.3. The van der Waals surface area contributed by atoms with Crippen LogP contribution in [0.25, 0.3) is 0 Å². The summed E-state index contributed by atoms with van der Waals surface area (Å²) >= 11 is 0. The van der Waals surface area contributed by atoms with E-state index in [2.05, 4.69) is 62.5 Å². The molecule has 0 aliphatic carbocycles. The number of carbonyl (C=O) groups excluding carboxylic acids is 2. The van der Waals surface area contributed by atoms with Crippen molar-refractivity contribution in [2.45, 2.75) is 230 Å². The van der Waals surface area contributed by atoms with E-state index in [1.807, 2.05) is 0 Å². The third-order valence-corrected chi connectivity index (χ3v) is 11.6. The highest BCUT2D eigenvalue weighted by Gasteiger charge is 2.46. The van der Waals surface area contributed by atoms with E-state index in [0.717, 1.165) is 70.6 Å². The molecule has 0 amide bonds. The van der Waals surface area contributed by atoms with Gasteiger partial charge in [0.05, 0.1) is 6.61 Å². The number of aliphatic hydroxyl groups is 3. The minimum absolute atomic E-state index is 0.156. The van der Waals surface area contributed by atoms with Crippen LogP contribution in [-0.2, 0) is 38.7 Å². The van der Waals surface area contributed by atoms with Crippen molar-refractivity contribution in [3.05, 3.63) is 48.6 Å². The fourth-order valence-corrected chi connectivity index (χ4v) is 7.78. The van der Waals surface area contributed by atoms with Crippen molar-refractivity contribution in [2.75, 3.05) is 19.0 Å². The van der Waals surface area contributed by atoms with Gasteiger partial charge in [0.2, 0.25) is 0 Å². The second kappa shape index (κ2) is 39.0. The van der Waals surface area contributed by atoms with Crippen LogP contribution in [-0.4, -0.2) is 96.0 Å². The molecular weight excluding hydrogens is 813 g/mol. The Morgan fingerprint density at radius 1 is 0.548 bits per heavy atom. The maximum atomic E-state index is 12.8. The molecule has 1 aliphatic heterocycles. The van der Waals surface area contributed by atoms with Gasteiger partial charge in [-0.25, -0.2) is 0 Å². The van der Waals surface area contributed by atoms with E-state index in [-0.39, 0.29) is 19.4 Å². The largest absolute Gasteiger partial charge is 0.462 e. The molecule has 0 bridgehead atoms. The smallest absolute Gasteiger partial charge is 0.306 e. The predicted octanol–water partition coefficient (Wildman–Crippen LogP) is 10.3. The Morgan fingerprint density at radius 3 is 1.48 bits per heavy atom. The summed E-state index contributed by atoms with van der Waals surface area (Å²) in [5.41, 5.74) is 0. The summed E-state index contributed by atoms with van der Waals surface area (Å²) in [6, 6.07) is 0. The van der Waals surface area contributed by atoms with Gasteiger partial charge in [-0.15, -0.1) is 0 Å². The third kappa shape index (κ3) is 33.2. The standard InChI is InChI=1S/C49H86O12S/c1-3-5-7-9-11-13-15-17-19-21-23-25-27-29-31-33-35-37-44(50)58-39-42(40-59-49-48(54)47(53)46(52)43(61-49)41-62(55,56)57)60-45(51)38-36-34-32-30-28-26-24-22-20-18-16-14-12-10-8-6-4-2/h11,13-14,16-17,19,23,25,42-43,46-49,52-54H,3-10,12,15,18,20-22,24,26-41H2,1-2H3,(H,55,56,57)/b13-11+,16-14+,19-17+,25-23+/t42-,43-,46-,47?,48?,49+/m1/s1. The zero-order valence-electron chi connectivity index (χ0n) is 38.5. The van der Waals surface area contributed by atoms with Gasteiger partial charge in [0.15, 0.2) is 12.4 Å². The van der Waals surface area contributed by atoms with Gasteiger partial charge in [-0.1, -0.05) is 152 Å². The summed E-state index contributed by atoms with van der Waals surface area (Å²) in [7, 11) is -4.61. The zero-order valence-corrected chi connectivity index (χ0v) is 39.3. The van der Waals surface area contributed by atoms with E-state index in [1.54, 1.807) is 0 Å². The first-order chi connectivity index (χ1) is 30.0. The van der Waals surface area contributed by atoms with E-state index in [4.69, 9.17) is 18.9 Å². The molecule has 1 aliphatic rings. The molecular formula is C49H86O12S. The van der Waals surface area contributed by atoms with Gasteiger partial charge in [0, 0.05) is 12.8 Å². The predicted molar refractivity (Wildman–Crippen MR) is 247 cm³/mol. The highest BCUT2D eigenvalue weighted by atomic mass is 32.2. The third-order valence-electron chi connectivity index (χ3n) is 10.9. The van der Waals surface area contributed by atoms with Crippen LogP contribution in [0.1, 0.15) is 194 Å². The molecule has 2 unspecified atom stereocenters. The molecule has 360 valence electrons. The molecule has 0 aromatic rings. The number of esters is 2. The van der Waals surface area contributed by atoms with E-state index in [0.29, 0.717) is 12.8 Å². The van der Waals surface area contributed by atoms with Crippen LogP contribution in [0.15, 0.2) is 48.6 Å². The first-order valence-electron chi connectivity index (χ1n) is 24.2. The molecule has 4 N–H and O–H groups in total. The van der Waals surface area contributed by atoms with Gasteiger partial charge >= 0.3 is 11.9 Å². The minimum Gasteiger partial charge on any atom is -0.462 e. The second-order valence-corrected chi connectivity index (χ2v) is 18.3. The van der Waals surface area contributed by atoms with Gasteiger partial charge in [-0.3, -0.25) is 14.1 Å². The van der Waals surface area contributed by atoms with Crippen molar-refractivity contribution in [1.82, 2.24) is 0 Å². The summed E-state index contributed by atoms with van der Waals surface area (Å²) in [6.45, 7) is 3.71. The quantitative estimate of drug-likeness (QED) is 0.0198. The fourth-order valence-electron chi connectivity index (χ4n) is 7.09. The molecule has 1 fully saturated rings. The Bertz CT molecular complexity index is 1330. The maximum Gasteiger partial charge on any atom is 0.306 e. The lowest BCUT2D eigenvalue weighted by Gasteiger charge is -2.40. The van der Waals surface area contributed by atoms with Gasteiger partial charge in [-0.2, -0.15) is 8.42 Å². The fraction of sp³-hybridized carbons (Fsp3) is 0.796. The van der Waals surface area contributed by atoms with Crippen LogP contribution in [0.5, 0.6) is 0 Å². The summed E-state index contributed by atoms with van der Waals surface area (Å²) in [6.07, 6.45) is 37.1. The number of hydrogen-bond donors (Lipinski definition) is 4. The maximum absolute atomic E-state index is 12.8. The van der Waals surface area contributed by atoms with Crippen LogP contribution < -0.4 is 0 Å². The molecule has 0 saturated carbocycles. The topological polar surface area (TPSA) is 186 Å². The monoisotopic (exact) mass is 899 g/mol. The summed E-state index contributed by atoms with van der Waals surface area (Å²) in [5, 5.41) is 30.9. The number of carbonyl (C=O) groups is 2. The first kappa shape index (κ1) is 57.6. The molecule has 0 aromatic heterocycles. The Labute approximate surface area is 375 Å². The summed E-state index contributed by atoms with van der Waals surface area (Å²) in [4.78, 5) is 25.5. The number of ether oxygens (including phenoxy) is 4. The van der Waals surface area contributed by atoms with Crippen LogP contribution >= 0.6 is 0 Å². The van der Waals surface area contributed by atoms with E-state index < -0.39 is 71.2 Å². The molecule has 13 heteroatoms. The summed E-state index contributed by atoms with van der Waals surface area (Å²) in [5.74, 6) is -2.01. The Balaban J connectivity index is 2.43. The molecule has 12 nitrogen and oxygen atoms in total. The number of unbranched alkanes of at least 4 members (excludes halogenated alkanes) is 20. The van der Waals surface area contributed by atoms with Gasteiger partial charge in [0.1, 0.15) is 36.8 Å². The Kier molecular flexibility index (Phi) is 36.3. The lowest BCUT2D eigenvalue weighted by molar-refractivity contribution is -0.297. The minimum atomic E-state index is -4.61. The Hall–Kier alpha value is -2.39. The van der Waals surface area contributed by atoms with Crippen molar-refractivity contribution in [3.8, 4) is 0 Å². The van der Waals surface area contributed by atoms with Gasteiger partial charge < -0.3 is 34.3 Å². The van der Waals surface area contributed by atoms with Crippen molar-refractivity contribution >= 4 is 22.1 Å². The molecule has 1 rings (SSSR count).